The van der Waals surface area contributed by atoms with Gasteiger partial charge >= 0.3 is 79.5 Å². The summed E-state index contributed by atoms with van der Waals surface area (Å²) in [5, 5.41) is 2.38. The van der Waals surface area contributed by atoms with Crippen LogP contribution in [-0.2, 0) is 16.2 Å². The Hall–Kier alpha value is -0.981. The quantitative estimate of drug-likeness (QED) is 0.706. The van der Waals surface area contributed by atoms with E-state index in [-0.39, 0.29) is 0 Å². The van der Waals surface area contributed by atoms with Crippen LogP contribution >= 0.6 is 0 Å². The second kappa shape index (κ2) is 3.18. The Morgan fingerprint density at radius 3 is 2.50 bits per heavy atom. The molecule has 0 heterocycles. The van der Waals surface area contributed by atoms with E-state index in [1.165, 1.54) is 10.8 Å². The van der Waals surface area contributed by atoms with Gasteiger partial charge in [-0.05, 0) is 0 Å². The Bertz CT molecular complexity index is 392. The Balaban J connectivity index is 2.79. The van der Waals surface area contributed by atoms with Crippen LogP contribution in [0.4, 0.5) is 5.69 Å². The van der Waals surface area contributed by atoms with Crippen molar-refractivity contribution in [1.29, 1.82) is 0 Å². The molecule has 2 aromatic rings. The average Bonchev–Trinajstić information content (AvgIpc) is 2.17. The van der Waals surface area contributed by atoms with Gasteiger partial charge in [-0.15, -0.1) is 0 Å². The zero-order valence-electron chi connectivity index (χ0n) is 6.34. The van der Waals surface area contributed by atoms with Gasteiger partial charge in [0.15, 0.2) is 0 Å². The first-order chi connectivity index (χ1) is 5.92. The number of benzene rings is 2. The molecule has 1 nitrogen and oxygen atoms in total. The van der Waals surface area contributed by atoms with Crippen molar-refractivity contribution in [2.45, 2.75) is 0 Å². The minimum atomic E-state index is 0.994. The van der Waals surface area contributed by atoms with Crippen LogP contribution in [0.2, 0.25) is 0 Å². The molecule has 0 aliphatic rings. The van der Waals surface area contributed by atoms with Crippen LogP contribution in [0.3, 0.4) is 0 Å². The van der Waals surface area contributed by atoms with Crippen molar-refractivity contribution in [3.63, 3.8) is 0 Å². The fourth-order valence-electron chi connectivity index (χ4n) is 1.29. The van der Waals surface area contributed by atoms with E-state index in [0.29, 0.717) is 0 Å². The second-order valence-corrected chi connectivity index (χ2v) is 2.84. The van der Waals surface area contributed by atoms with Crippen molar-refractivity contribution < 1.29 is 16.2 Å². The van der Waals surface area contributed by atoms with Gasteiger partial charge in [-0.2, -0.15) is 0 Å². The second-order valence-electron chi connectivity index (χ2n) is 2.60. The van der Waals surface area contributed by atoms with Gasteiger partial charge in [0.1, 0.15) is 0 Å². The third-order valence-corrected chi connectivity index (χ3v) is 2.12. The van der Waals surface area contributed by atoms with E-state index >= 15 is 0 Å². The molecule has 0 unspecified atom stereocenters. The maximum atomic E-state index is 4.94. The van der Waals surface area contributed by atoms with Gasteiger partial charge in [-0.1, -0.05) is 0 Å². The van der Waals surface area contributed by atoms with Gasteiger partial charge in [0, 0.05) is 0 Å². The molecule has 0 saturated heterocycles. The van der Waals surface area contributed by atoms with Gasteiger partial charge in [0.05, 0.1) is 0 Å². The molecule has 0 aliphatic heterocycles. The van der Waals surface area contributed by atoms with Crippen molar-refractivity contribution in [2.75, 3.05) is 4.33 Å². The van der Waals surface area contributed by atoms with Crippen LogP contribution in [-0.4, -0.2) is 0 Å². The van der Waals surface area contributed by atoms with E-state index in [1.807, 2.05) is 24.3 Å². The third-order valence-electron chi connectivity index (χ3n) is 1.87. The summed E-state index contributed by atoms with van der Waals surface area (Å²) in [7, 11) is 0. The molecule has 0 aromatic heterocycles. The normalized spacial score (nSPS) is 10.2. The molecule has 1 N–H and O–H groups in total. The van der Waals surface area contributed by atoms with Gasteiger partial charge in [0.25, 0.3) is 0 Å². The molecule has 64 valence electrons. The Morgan fingerprint density at radius 1 is 0.917 bits per heavy atom. The van der Waals surface area contributed by atoms with Gasteiger partial charge in [0.2, 0.25) is 0 Å². The Labute approximate surface area is 79.8 Å². The number of hydrogen-bond acceptors (Lipinski definition) is 1. The zero-order chi connectivity index (χ0) is 8.39. The first-order valence-corrected chi connectivity index (χ1v) is 4.19. The molecule has 0 bridgehead atoms. The molecule has 2 aromatic carbocycles. The van der Waals surface area contributed by atoms with Gasteiger partial charge < -0.3 is 0 Å². The van der Waals surface area contributed by atoms with E-state index < -0.39 is 0 Å². The molecule has 0 atom stereocenters. The van der Waals surface area contributed by atoms with E-state index in [0.717, 1.165) is 5.69 Å². The molecular weight excluding hydrogens is 198 g/mol. The van der Waals surface area contributed by atoms with Crippen molar-refractivity contribution in [1.82, 2.24) is 0 Å². The predicted octanol–water partition coefficient (Wildman–Crippen LogP) is 2.71. The molecule has 0 amide bonds. The zero-order valence-corrected chi connectivity index (χ0v) is 7.28. The van der Waals surface area contributed by atoms with Crippen molar-refractivity contribution >= 4 is 16.5 Å². The SMILES string of the molecule is [Cu][NH]c1cccc2ccccc12. The summed E-state index contributed by atoms with van der Waals surface area (Å²) in [5.41, 5.74) is 0.994. The van der Waals surface area contributed by atoms with Crippen LogP contribution in [0, 0.1) is 0 Å². The standard InChI is InChI=1S/C10H8N.Cu/c11-10-7-3-5-8-4-1-2-6-9(8)10;/h1-7,11H;/q-1;+1. The van der Waals surface area contributed by atoms with E-state index in [4.69, 9.17) is 16.2 Å². The van der Waals surface area contributed by atoms with Crippen LogP contribution in [0.1, 0.15) is 0 Å². The minimum absolute atomic E-state index is 0.994. The third kappa shape index (κ3) is 1.20. The van der Waals surface area contributed by atoms with Crippen molar-refractivity contribution in [3.05, 3.63) is 42.5 Å². The molecule has 0 fully saturated rings. The molecule has 0 spiro atoms. The fraction of sp³-hybridized carbons (Fsp3) is 0. The van der Waals surface area contributed by atoms with Crippen molar-refractivity contribution in [3.8, 4) is 0 Å². The van der Waals surface area contributed by atoms with E-state index in [9.17, 15) is 0 Å². The van der Waals surface area contributed by atoms with Crippen LogP contribution in [0.5, 0.6) is 0 Å². The van der Waals surface area contributed by atoms with Crippen LogP contribution in [0.25, 0.3) is 10.8 Å². The summed E-state index contributed by atoms with van der Waals surface area (Å²) in [4.78, 5) is 0. The monoisotopic (exact) mass is 205 g/mol. The number of anilines is 1. The Morgan fingerprint density at radius 2 is 1.67 bits per heavy atom. The van der Waals surface area contributed by atoms with E-state index in [2.05, 4.69) is 22.5 Å². The summed E-state index contributed by atoms with van der Waals surface area (Å²) in [6.45, 7) is 0. The Kier molecular flexibility index (Phi) is 2.03. The first kappa shape index (κ1) is 7.66. The summed E-state index contributed by atoms with van der Waals surface area (Å²) < 4.78 is 2.73. The molecule has 12 heavy (non-hydrogen) atoms. The predicted molar refractivity (Wildman–Crippen MR) is 47.6 cm³/mol. The van der Waals surface area contributed by atoms with Crippen LogP contribution < -0.4 is 4.33 Å². The summed E-state index contributed by atoms with van der Waals surface area (Å²) >= 11 is 4.94. The molecule has 2 rings (SSSR count). The molecule has 2 heteroatoms. The number of hydrogen-bond donors (Lipinski definition) is 1. The number of nitrogens with one attached hydrogen (secondary N) is 1. The van der Waals surface area contributed by atoms with Gasteiger partial charge in [-0.3, -0.25) is 0 Å². The summed E-state index contributed by atoms with van der Waals surface area (Å²) in [6, 6.07) is 14.2. The first-order valence-electron chi connectivity index (χ1n) is 3.72. The maximum absolute atomic E-state index is 4.94. The summed E-state index contributed by atoms with van der Waals surface area (Å²) in [5.74, 6) is 0. The average molecular weight is 206 g/mol. The number of rotatable bonds is 1. The fourth-order valence-corrected chi connectivity index (χ4v) is 1.50. The summed E-state index contributed by atoms with van der Waals surface area (Å²) in [6.07, 6.45) is 0. The number of fused-ring (bicyclic) bond motifs is 1. The topological polar surface area (TPSA) is 12.0 Å². The van der Waals surface area contributed by atoms with E-state index in [1.54, 1.807) is 0 Å². The van der Waals surface area contributed by atoms with Crippen molar-refractivity contribution in [2.24, 2.45) is 0 Å². The van der Waals surface area contributed by atoms with Gasteiger partial charge in [-0.25, -0.2) is 0 Å². The molecule has 0 aliphatic carbocycles. The van der Waals surface area contributed by atoms with Crippen LogP contribution in [0.15, 0.2) is 42.5 Å². The molecular formula is C10H8CuN. The molecule has 0 saturated carbocycles. The molecule has 0 radical (unpaired) electrons.